The van der Waals surface area contributed by atoms with Gasteiger partial charge in [-0.1, -0.05) is 42.5 Å². The molecule has 1 aromatic heterocycles. The van der Waals surface area contributed by atoms with Gasteiger partial charge in [0.1, 0.15) is 17.7 Å². The number of carbonyl (C=O) groups excluding carboxylic acids is 3. The number of nitrogens with zero attached hydrogens (tertiary/aromatic N) is 5. The van der Waals surface area contributed by atoms with Gasteiger partial charge < -0.3 is 15.0 Å². The minimum absolute atomic E-state index is 0.000623. The first kappa shape index (κ1) is 36.5. The molecule has 3 aromatic carbocycles. The molecule has 3 amide bonds. The van der Waals surface area contributed by atoms with Crippen molar-refractivity contribution >= 4 is 23.5 Å². The van der Waals surface area contributed by atoms with Crippen LogP contribution in [0.5, 0.6) is 0 Å². The molecular formula is C38H38F4N6O4. The van der Waals surface area contributed by atoms with Crippen LogP contribution in [-0.2, 0) is 27.0 Å². The summed E-state index contributed by atoms with van der Waals surface area (Å²) in [6.07, 6.45) is -1.41. The number of fused-ring (bicyclic) bond motifs is 1. The predicted molar refractivity (Wildman–Crippen MR) is 185 cm³/mol. The van der Waals surface area contributed by atoms with Gasteiger partial charge >= 0.3 is 6.18 Å². The molecule has 52 heavy (non-hydrogen) atoms. The lowest BCUT2D eigenvalue weighted by atomic mass is 9.80. The summed E-state index contributed by atoms with van der Waals surface area (Å²) in [5.41, 5.74) is 0.692. The molecule has 1 N–H and O–H groups in total. The standard InChI is InChI=1S/C38H38F4N6O4/c1-3-47-36-33(30(44-48(36)29-11-5-4-6-12-29)24-45(2)31(49)13-8-18-46-19-21-52-22-20-46)32(25-14-16-28(39)17-15-25)34(37(47)51)43-35(50)26-9-7-10-27(23-26)38(40,41)42/h4-17,23,32,34H,3,18-22,24H2,1-2H3,(H,43,50)/b13-8+. The molecule has 0 saturated carbocycles. The minimum Gasteiger partial charge on any atom is -0.379 e. The van der Waals surface area contributed by atoms with Crippen LogP contribution in [0.15, 0.2) is 91.0 Å². The summed E-state index contributed by atoms with van der Waals surface area (Å²) in [6, 6.07) is 17.1. The van der Waals surface area contributed by atoms with Crippen molar-refractivity contribution in [1.82, 2.24) is 24.9 Å². The lowest BCUT2D eigenvalue weighted by Crippen LogP contribution is -2.55. The van der Waals surface area contributed by atoms with E-state index in [1.807, 2.05) is 30.3 Å². The van der Waals surface area contributed by atoms with Crippen LogP contribution in [-0.4, -0.2) is 89.8 Å². The summed E-state index contributed by atoms with van der Waals surface area (Å²) in [6.45, 7) is 5.27. The Balaban J connectivity index is 1.44. The van der Waals surface area contributed by atoms with E-state index in [9.17, 15) is 31.9 Å². The number of hydrogen-bond acceptors (Lipinski definition) is 6. The number of morpholine rings is 1. The van der Waals surface area contributed by atoms with Crippen molar-refractivity contribution < 1.29 is 36.7 Å². The Morgan fingerprint density at radius 2 is 1.73 bits per heavy atom. The third kappa shape index (κ3) is 7.77. The second-order valence-corrected chi connectivity index (χ2v) is 12.6. The quantitative estimate of drug-likeness (QED) is 0.180. The predicted octanol–water partition coefficient (Wildman–Crippen LogP) is 5.17. The summed E-state index contributed by atoms with van der Waals surface area (Å²) in [5, 5.41) is 7.66. The fourth-order valence-electron chi connectivity index (χ4n) is 6.55. The van der Waals surface area contributed by atoms with Crippen molar-refractivity contribution in [3.8, 4) is 5.69 Å². The summed E-state index contributed by atoms with van der Waals surface area (Å²) in [5.74, 6) is -2.82. The highest BCUT2D eigenvalue weighted by Crippen LogP contribution is 2.44. The summed E-state index contributed by atoms with van der Waals surface area (Å²) < 4.78 is 62.0. The average Bonchev–Trinajstić information content (AvgIpc) is 3.51. The second-order valence-electron chi connectivity index (χ2n) is 12.6. The molecule has 0 radical (unpaired) electrons. The van der Waals surface area contributed by atoms with Gasteiger partial charge in [0.25, 0.3) is 11.8 Å². The van der Waals surface area contributed by atoms with Crippen LogP contribution in [0.2, 0.25) is 0 Å². The van der Waals surface area contributed by atoms with Gasteiger partial charge in [0.15, 0.2) is 0 Å². The number of rotatable bonds is 10. The van der Waals surface area contributed by atoms with Gasteiger partial charge in [-0.15, -0.1) is 0 Å². The maximum atomic E-state index is 14.5. The maximum Gasteiger partial charge on any atom is 0.416 e. The number of anilines is 1. The van der Waals surface area contributed by atoms with E-state index in [0.29, 0.717) is 48.1 Å². The lowest BCUT2D eigenvalue weighted by molar-refractivity contribution is -0.137. The van der Waals surface area contributed by atoms with E-state index in [1.54, 1.807) is 24.7 Å². The molecule has 0 bridgehead atoms. The zero-order valence-electron chi connectivity index (χ0n) is 28.6. The number of halogens is 4. The van der Waals surface area contributed by atoms with Crippen molar-refractivity contribution in [3.63, 3.8) is 0 Å². The first-order chi connectivity index (χ1) is 25.0. The number of benzene rings is 3. The molecule has 6 rings (SSSR count). The molecule has 1 fully saturated rings. The first-order valence-electron chi connectivity index (χ1n) is 16.9. The van der Waals surface area contributed by atoms with Gasteiger partial charge in [0, 0.05) is 56.3 Å². The fraction of sp³-hybridized carbons (Fsp3) is 0.316. The molecule has 0 spiro atoms. The van der Waals surface area contributed by atoms with Crippen LogP contribution >= 0.6 is 0 Å². The topological polar surface area (TPSA) is 100 Å². The SMILES string of the molecule is CCN1C(=O)C(NC(=O)c2cccc(C(F)(F)F)c2)C(c2ccc(F)cc2)c2c(CN(C)C(=O)/C=C/CN3CCOCC3)nn(-c3ccccc3)c21. The van der Waals surface area contributed by atoms with Crippen LogP contribution in [0.1, 0.15) is 45.6 Å². The van der Waals surface area contributed by atoms with E-state index in [1.165, 1.54) is 46.2 Å². The second kappa shape index (κ2) is 15.5. The van der Waals surface area contributed by atoms with Gasteiger partial charge in [0.05, 0.1) is 36.7 Å². The van der Waals surface area contributed by atoms with E-state index in [2.05, 4.69) is 10.2 Å². The van der Waals surface area contributed by atoms with Crippen LogP contribution in [0, 0.1) is 5.82 Å². The third-order valence-electron chi connectivity index (χ3n) is 9.18. The van der Waals surface area contributed by atoms with E-state index in [-0.39, 0.29) is 24.6 Å². The Hall–Kier alpha value is -5.34. The van der Waals surface area contributed by atoms with Gasteiger partial charge in [-0.3, -0.25) is 24.2 Å². The largest absolute Gasteiger partial charge is 0.416 e. The number of nitrogens with one attached hydrogen (secondary N) is 1. The monoisotopic (exact) mass is 718 g/mol. The lowest BCUT2D eigenvalue weighted by Gasteiger charge is -2.38. The van der Waals surface area contributed by atoms with Crippen LogP contribution in [0.4, 0.5) is 23.4 Å². The number of alkyl halides is 3. The molecule has 0 aliphatic carbocycles. The molecule has 4 aromatic rings. The number of likely N-dealkylation sites (N-methyl/N-ethyl adjacent to an activating group) is 2. The summed E-state index contributed by atoms with van der Waals surface area (Å²) in [4.78, 5) is 46.6. The van der Waals surface area contributed by atoms with Gasteiger partial charge in [-0.2, -0.15) is 18.3 Å². The van der Waals surface area contributed by atoms with E-state index < -0.39 is 41.3 Å². The highest BCUT2D eigenvalue weighted by molar-refractivity contribution is 6.05. The van der Waals surface area contributed by atoms with Crippen LogP contribution in [0.25, 0.3) is 5.69 Å². The normalized spacial score (nSPS) is 18.0. The van der Waals surface area contributed by atoms with Crippen molar-refractivity contribution in [2.75, 3.05) is 51.3 Å². The Morgan fingerprint density at radius 3 is 2.40 bits per heavy atom. The van der Waals surface area contributed by atoms with Crippen LogP contribution in [0.3, 0.4) is 0 Å². The smallest absolute Gasteiger partial charge is 0.379 e. The fourth-order valence-corrected chi connectivity index (χ4v) is 6.55. The maximum absolute atomic E-state index is 14.5. The molecule has 10 nitrogen and oxygen atoms in total. The van der Waals surface area contributed by atoms with E-state index in [4.69, 9.17) is 9.84 Å². The van der Waals surface area contributed by atoms with Gasteiger partial charge in [0.2, 0.25) is 5.91 Å². The Labute approximate surface area is 298 Å². The molecule has 2 aliphatic heterocycles. The van der Waals surface area contributed by atoms with Crippen LogP contribution < -0.4 is 10.2 Å². The molecule has 272 valence electrons. The highest BCUT2D eigenvalue weighted by atomic mass is 19.4. The number of aromatic nitrogens is 2. The molecule has 2 unspecified atom stereocenters. The Kier molecular flexibility index (Phi) is 10.9. The zero-order valence-corrected chi connectivity index (χ0v) is 28.6. The first-order valence-corrected chi connectivity index (χ1v) is 16.9. The van der Waals surface area contributed by atoms with E-state index >= 15 is 0 Å². The Morgan fingerprint density at radius 1 is 1.02 bits per heavy atom. The molecule has 3 heterocycles. The van der Waals surface area contributed by atoms with Crippen molar-refractivity contribution in [2.24, 2.45) is 0 Å². The molecule has 2 aliphatic rings. The van der Waals surface area contributed by atoms with Crippen molar-refractivity contribution in [3.05, 3.63) is 125 Å². The van der Waals surface area contributed by atoms with Gasteiger partial charge in [-0.25, -0.2) is 9.07 Å². The number of amides is 3. The van der Waals surface area contributed by atoms with Gasteiger partial charge in [-0.05, 0) is 55.0 Å². The Bertz CT molecular complexity index is 1940. The summed E-state index contributed by atoms with van der Waals surface area (Å²) in [7, 11) is 1.63. The number of ether oxygens (including phenoxy) is 1. The average molecular weight is 719 g/mol. The highest BCUT2D eigenvalue weighted by Gasteiger charge is 2.46. The molecule has 1 saturated heterocycles. The van der Waals surface area contributed by atoms with Crippen molar-refractivity contribution in [2.45, 2.75) is 31.6 Å². The minimum atomic E-state index is -4.69. The summed E-state index contributed by atoms with van der Waals surface area (Å²) >= 11 is 0. The third-order valence-corrected chi connectivity index (χ3v) is 9.18. The molecule has 2 atom stereocenters. The number of carbonyl (C=O) groups is 3. The van der Waals surface area contributed by atoms with Crippen molar-refractivity contribution in [1.29, 1.82) is 0 Å². The zero-order chi connectivity index (χ0) is 37.0. The number of hydrogen-bond donors (Lipinski definition) is 1. The molecule has 14 heteroatoms. The van der Waals surface area contributed by atoms with E-state index in [0.717, 1.165) is 31.3 Å². The molecular weight excluding hydrogens is 680 g/mol. The number of para-hydroxylation sites is 1.